The highest BCUT2D eigenvalue weighted by Gasteiger charge is 2.46. The first-order valence-electron chi connectivity index (χ1n) is 10.3. The van der Waals surface area contributed by atoms with Crippen LogP contribution in [0.15, 0.2) is 60.7 Å². The monoisotopic (exact) mass is 423 g/mol. The number of piperidine rings is 1. The second kappa shape index (κ2) is 9.45. The van der Waals surface area contributed by atoms with Crippen LogP contribution >= 0.6 is 11.8 Å². The number of urea groups is 1. The Morgan fingerprint density at radius 1 is 0.900 bits per heavy atom. The summed E-state index contributed by atoms with van der Waals surface area (Å²) < 4.78 is 0. The first-order valence-corrected chi connectivity index (χ1v) is 11.3. The molecule has 0 aromatic heterocycles. The van der Waals surface area contributed by atoms with Crippen LogP contribution in [0.25, 0.3) is 0 Å². The van der Waals surface area contributed by atoms with Gasteiger partial charge in [0.15, 0.2) is 0 Å². The lowest BCUT2D eigenvalue weighted by atomic mass is 10.1. The van der Waals surface area contributed by atoms with Crippen LogP contribution < -0.4 is 4.90 Å². The second-order valence-corrected chi connectivity index (χ2v) is 8.55. The molecule has 0 spiro atoms. The molecule has 2 saturated heterocycles. The number of imide groups is 1. The first kappa shape index (κ1) is 20.6. The molecule has 0 bridgehead atoms. The van der Waals surface area contributed by atoms with Crippen LogP contribution in [0, 0.1) is 0 Å². The molecule has 1 atom stereocenters. The number of para-hydroxylation sites is 1. The lowest BCUT2D eigenvalue weighted by Crippen LogP contribution is -2.36. The van der Waals surface area contributed by atoms with Gasteiger partial charge in [0, 0.05) is 5.69 Å². The Morgan fingerprint density at radius 3 is 2.20 bits per heavy atom. The van der Waals surface area contributed by atoms with Crippen LogP contribution in [0.5, 0.6) is 0 Å². The minimum Gasteiger partial charge on any atom is -0.295 e. The fourth-order valence-electron chi connectivity index (χ4n) is 3.97. The predicted molar refractivity (Wildman–Crippen MR) is 118 cm³/mol. The second-order valence-electron chi connectivity index (χ2n) is 7.55. The largest absolute Gasteiger partial charge is 0.333 e. The van der Waals surface area contributed by atoms with Crippen molar-refractivity contribution >= 4 is 34.5 Å². The molecular weight excluding hydrogens is 398 g/mol. The van der Waals surface area contributed by atoms with Crippen molar-refractivity contribution < 1.29 is 14.4 Å². The summed E-state index contributed by atoms with van der Waals surface area (Å²) in [6.07, 6.45) is 3.45. The third-order valence-electron chi connectivity index (χ3n) is 5.50. The smallest absolute Gasteiger partial charge is 0.295 e. The molecule has 2 fully saturated rings. The van der Waals surface area contributed by atoms with E-state index in [1.807, 2.05) is 60.7 Å². The molecule has 0 radical (unpaired) electrons. The summed E-state index contributed by atoms with van der Waals surface area (Å²) in [5.74, 6) is -0.259. The maximum atomic E-state index is 13.2. The van der Waals surface area contributed by atoms with Gasteiger partial charge in [0.2, 0.25) is 5.12 Å². The summed E-state index contributed by atoms with van der Waals surface area (Å²) in [5, 5.41) is -0.00748. The van der Waals surface area contributed by atoms with Gasteiger partial charge in [0.1, 0.15) is 6.04 Å². The summed E-state index contributed by atoms with van der Waals surface area (Å²) in [6, 6.07) is 17.4. The lowest BCUT2D eigenvalue weighted by Gasteiger charge is -2.25. The Kier molecular flexibility index (Phi) is 6.50. The molecule has 2 aliphatic heterocycles. The van der Waals surface area contributed by atoms with Crippen molar-refractivity contribution in [2.24, 2.45) is 0 Å². The summed E-state index contributed by atoms with van der Waals surface area (Å²) in [7, 11) is 0. The Hall–Kier alpha value is -2.64. The van der Waals surface area contributed by atoms with Gasteiger partial charge in [-0.15, -0.1) is 0 Å². The Labute approximate surface area is 180 Å². The highest BCUT2D eigenvalue weighted by molar-refractivity contribution is 8.13. The number of amides is 3. The molecule has 3 amide bonds. The van der Waals surface area contributed by atoms with Crippen LogP contribution in [0.3, 0.4) is 0 Å². The summed E-state index contributed by atoms with van der Waals surface area (Å²) in [6.45, 7) is 2.24. The van der Waals surface area contributed by atoms with E-state index in [1.165, 1.54) is 16.2 Å². The number of likely N-dealkylation sites (tertiary alicyclic amines) is 1. The van der Waals surface area contributed by atoms with Crippen molar-refractivity contribution in [2.75, 3.05) is 30.4 Å². The summed E-state index contributed by atoms with van der Waals surface area (Å²) >= 11 is 1.05. The zero-order chi connectivity index (χ0) is 20.9. The molecule has 6 nitrogen and oxygen atoms in total. The van der Waals surface area contributed by atoms with Crippen molar-refractivity contribution in [1.82, 2.24) is 9.80 Å². The van der Waals surface area contributed by atoms with E-state index in [4.69, 9.17) is 0 Å². The zero-order valence-electron chi connectivity index (χ0n) is 16.8. The molecule has 156 valence electrons. The van der Waals surface area contributed by atoms with Crippen molar-refractivity contribution in [3.05, 3.63) is 66.2 Å². The number of benzene rings is 2. The molecular formula is C23H25N3O3S. The molecule has 2 aromatic rings. The normalized spacial score (nSPS) is 20.1. The molecule has 0 N–H and O–H groups in total. The van der Waals surface area contributed by atoms with Gasteiger partial charge < -0.3 is 0 Å². The summed E-state index contributed by atoms with van der Waals surface area (Å²) in [4.78, 5) is 43.7. The molecule has 7 heteroatoms. The van der Waals surface area contributed by atoms with Gasteiger partial charge in [-0.2, -0.15) is 0 Å². The maximum absolute atomic E-state index is 13.2. The molecule has 2 aromatic carbocycles. The predicted octanol–water partition coefficient (Wildman–Crippen LogP) is 3.90. The minimum atomic E-state index is -0.723. The van der Waals surface area contributed by atoms with Crippen LogP contribution in [-0.4, -0.2) is 52.4 Å². The lowest BCUT2D eigenvalue weighted by molar-refractivity contribution is -0.126. The Morgan fingerprint density at radius 2 is 1.53 bits per heavy atom. The molecule has 1 unspecified atom stereocenters. The Bertz CT molecular complexity index is 843. The van der Waals surface area contributed by atoms with E-state index >= 15 is 0 Å². The standard InChI is InChI=1S/C23H25N3O3S/c27-20(16-24-14-8-3-9-15-24)30-17-25-22(28)21(18-10-4-1-5-11-18)26(23(25)29)19-12-6-2-7-13-19/h1-2,4-7,10-13,21H,3,8-9,14-17H2. The molecule has 2 aliphatic rings. The number of anilines is 1. The van der Waals surface area contributed by atoms with E-state index in [0.717, 1.165) is 43.3 Å². The molecule has 30 heavy (non-hydrogen) atoms. The van der Waals surface area contributed by atoms with Crippen LogP contribution in [0.4, 0.5) is 10.5 Å². The third kappa shape index (κ3) is 4.42. The molecule has 0 aliphatic carbocycles. The van der Waals surface area contributed by atoms with E-state index in [-0.39, 0.29) is 16.9 Å². The van der Waals surface area contributed by atoms with Gasteiger partial charge in [0.05, 0.1) is 12.4 Å². The third-order valence-corrected chi connectivity index (χ3v) is 6.34. The SMILES string of the molecule is O=C(CN1CCCCC1)SCN1C(=O)C(c2ccccc2)N(c2ccccc2)C1=O. The van der Waals surface area contributed by atoms with E-state index in [9.17, 15) is 14.4 Å². The topological polar surface area (TPSA) is 60.9 Å². The van der Waals surface area contributed by atoms with Crippen LogP contribution in [-0.2, 0) is 9.59 Å². The zero-order valence-corrected chi connectivity index (χ0v) is 17.6. The minimum absolute atomic E-state index is 0.00748. The molecule has 0 saturated carbocycles. The average molecular weight is 424 g/mol. The summed E-state index contributed by atoms with van der Waals surface area (Å²) in [5.41, 5.74) is 1.42. The van der Waals surface area contributed by atoms with Crippen molar-refractivity contribution in [1.29, 1.82) is 0 Å². The number of rotatable bonds is 6. The van der Waals surface area contributed by atoms with Crippen LogP contribution in [0.1, 0.15) is 30.9 Å². The molecule has 2 heterocycles. The number of hydrogen-bond donors (Lipinski definition) is 0. The van der Waals surface area contributed by atoms with Gasteiger partial charge in [-0.25, -0.2) is 4.79 Å². The number of carbonyl (C=O) groups is 3. The fraction of sp³-hybridized carbons (Fsp3) is 0.348. The quantitative estimate of drug-likeness (QED) is 0.660. The first-order chi connectivity index (χ1) is 14.6. The number of hydrogen-bond acceptors (Lipinski definition) is 5. The fourth-order valence-corrected chi connectivity index (χ4v) is 4.75. The van der Waals surface area contributed by atoms with Gasteiger partial charge in [-0.1, -0.05) is 66.7 Å². The maximum Gasteiger partial charge on any atom is 0.333 e. The van der Waals surface area contributed by atoms with Crippen molar-refractivity contribution in [3.8, 4) is 0 Å². The van der Waals surface area contributed by atoms with Gasteiger partial charge in [0.25, 0.3) is 5.91 Å². The van der Waals surface area contributed by atoms with Gasteiger partial charge in [-0.3, -0.25) is 24.3 Å². The van der Waals surface area contributed by atoms with E-state index in [1.54, 1.807) is 0 Å². The van der Waals surface area contributed by atoms with E-state index < -0.39 is 12.1 Å². The number of nitrogens with zero attached hydrogens (tertiary/aromatic N) is 3. The van der Waals surface area contributed by atoms with Crippen molar-refractivity contribution in [2.45, 2.75) is 25.3 Å². The van der Waals surface area contributed by atoms with E-state index in [0.29, 0.717) is 12.2 Å². The van der Waals surface area contributed by atoms with Crippen molar-refractivity contribution in [3.63, 3.8) is 0 Å². The number of thioether (sulfide) groups is 1. The Balaban J connectivity index is 1.50. The average Bonchev–Trinajstić information content (AvgIpc) is 3.04. The highest BCUT2D eigenvalue weighted by Crippen LogP contribution is 2.36. The molecule has 4 rings (SSSR count). The van der Waals surface area contributed by atoms with E-state index in [2.05, 4.69) is 4.90 Å². The highest BCUT2D eigenvalue weighted by atomic mass is 32.2. The van der Waals surface area contributed by atoms with Gasteiger partial charge >= 0.3 is 6.03 Å². The number of carbonyl (C=O) groups excluding carboxylic acids is 3. The van der Waals surface area contributed by atoms with Gasteiger partial charge in [-0.05, 0) is 43.6 Å². The van der Waals surface area contributed by atoms with Crippen LogP contribution in [0.2, 0.25) is 0 Å².